The van der Waals surface area contributed by atoms with Crippen LogP contribution < -0.4 is 15.4 Å². The van der Waals surface area contributed by atoms with E-state index in [1.54, 1.807) is 6.20 Å². The molecular formula is C20H21ClN4O. The summed E-state index contributed by atoms with van der Waals surface area (Å²) in [4.78, 5) is 8.75. The number of halogens is 1. The summed E-state index contributed by atoms with van der Waals surface area (Å²) in [6.45, 7) is 3.37. The second-order valence-electron chi connectivity index (χ2n) is 5.65. The zero-order valence-electron chi connectivity index (χ0n) is 14.6. The lowest BCUT2D eigenvalue weighted by molar-refractivity contribution is 0.340. The molecule has 0 fully saturated rings. The molecule has 0 aliphatic rings. The highest BCUT2D eigenvalue weighted by Gasteiger charge is 2.01. The highest BCUT2D eigenvalue weighted by atomic mass is 35.5. The van der Waals surface area contributed by atoms with Crippen molar-refractivity contribution in [2.75, 3.05) is 23.8 Å². The molecule has 2 aromatic carbocycles. The predicted octanol–water partition coefficient (Wildman–Crippen LogP) is 4.93. The summed E-state index contributed by atoms with van der Waals surface area (Å²) in [5.74, 6) is 2.18. The smallest absolute Gasteiger partial charge is 0.224 e. The highest BCUT2D eigenvalue weighted by Crippen LogP contribution is 2.19. The van der Waals surface area contributed by atoms with Gasteiger partial charge in [0.2, 0.25) is 5.95 Å². The van der Waals surface area contributed by atoms with Crippen LogP contribution in [-0.4, -0.2) is 23.1 Å². The maximum Gasteiger partial charge on any atom is 0.224 e. The Bertz CT molecular complexity index is 822. The first-order chi connectivity index (χ1) is 12.7. The van der Waals surface area contributed by atoms with Crippen LogP contribution in [0.2, 0.25) is 5.02 Å². The van der Waals surface area contributed by atoms with E-state index in [-0.39, 0.29) is 0 Å². The van der Waals surface area contributed by atoms with E-state index >= 15 is 0 Å². The van der Waals surface area contributed by atoms with Crippen LogP contribution >= 0.6 is 11.6 Å². The number of hydrogen-bond donors (Lipinski definition) is 2. The van der Waals surface area contributed by atoms with Gasteiger partial charge in [-0.1, -0.05) is 23.7 Å². The number of anilines is 3. The van der Waals surface area contributed by atoms with Crippen LogP contribution in [0.3, 0.4) is 0 Å². The average Bonchev–Trinajstić information content (AvgIpc) is 2.66. The molecule has 0 amide bonds. The van der Waals surface area contributed by atoms with Crippen molar-refractivity contribution in [1.82, 2.24) is 9.97 Å². The van der Waals surface area contributed by atoms with Gasteiger partial charge in [-0.15, -0.1) is 0 Å². The molecule has 0 radical (unpaired) electrons. The first kappa shape index (κ1) is 18.0. The lowest BCUT2D eigenvalue weighted by Gasteiger charge is -2.09. The van der Waals surface area contributed by atoms with Crippen molar-refractivity contribution in [3.63, 3.8) is 0 Å². The molecule has 0 unspecified atom stereocenters. The third-order valence-electron chi connectivity index (χ3n) is 3.70. The fraction of sp³-hybridized carbons (Fsp3) is 0.200. The SMILES string of the molecule is CCOc1ccc(Nc2ccnc(NCCc3ccc(Cl)cc3)n2)cc1. The Kier molecular flexibility index (Phi) is 6.28. The summed E-state index contributed by atoms with van der Waals surface area (Å²) in [6.07, 6.45) is 2.60. The van der Waals surface area contributed by atoms with Crippen molar-refractivity contribution in [2.45, 2.75) is 13.3 Å². The van der Waals surface area contributed by atoms with Gasteiger partial charge >= 0.3 is 0 Å². The second kappa shape index (κ2) is 9.06. The van der Waals surface area contributed by atoms with E-state index in [0.29, 0.717) is 12.6 Å². The van der Waals surface area contributed by atoms with E-state index in [9.17, 15) is 0 Å². The second-order valence-corrected chi connectivity index (χ2v) is 6.09. The van der Waals surface area contributed by atoms with Crippen molar-refractivity contribution < 1.29 is 4.74 Å². The fourth-order valence-corrected chi connectivity index (χ4v) is 2.56. The minimum Gasteiger partial charge on any atom is -0.494 e. The Hall–Kier alpha value is -2.79. The minimum atomic E-state index is 0.593. The van der Waals surface area contributed by atoms with E-state index in [1.165, 1.54) is 5.56 Å². The van der Waals surface area contributed by atoms with Crippen LogP contribution in [0.4, 0.5) is 17.5 Å². The van der Waals surface area contributed by atoms with Crippen molar-refractivity contribution >= 4 is 29.1 Å². The lowest BCUT2D eigenvalue weighted by Crippen LogP contribution is -2.08. The molecule has 2 N–H and O–H groups in total. The van der Waals surface area contributed by atoms with E-state index in [0.717, 1.165) is 35.2 Å². The minimum absolute atomic E-state index is 0.593. The van der Waals surface area contributed by atoms with Crippen LogP contribution in [0.5, 0.6) is 5.75 Å². The molecule has 0 bridgehead atoms. The maximum absolute atomic E-state index is 5.90. The summed E-state index contributed by atoms with van der Waals surface area (Å²) in [5.41, 5.74) is 2.16. The zero-order valence-corrected chi connectivity index (χ0v) is 15.3. The average molecular weight is 369 g/mol. The number of aromatic nitrogens is 2. The summed E-state index contributed by atoms with van der Waals surface area (Å²) in [5, 5.41) is 7.26. The number of nitrogens with zero attached hydrogens (tertiary/aromatic N) is 2. The molecule has 0 spiro atoms. The highest BCUT2D eigenvalue weighted by molar-refractivity contribution is 6.30. The molecule has 0 saturated carbocycles. The molecule has 6 heteroatoms. The molecule has 3 rings (SSSR count). The topological polar surface area (TPSA) is 59.1 Å². The van der Waals surface area contributed by atoms with Gasteiger partial charge in [-0.2, -0.15) is 4.98 Å². The van der Waals surface area contributed by atoms with E-state index in [2.05, 4.69) is 20.6 Å². The fourth-order valence-electron chi connectivity index (χ4n) is 2.43. The van der Waals surface area contributed by atoms with Gasteiger partial charge in [0.15, 0.2) is 0 Å². The van der Waals surface area contributed by atoms with Crippen LogP contribution in [0.1, 0.15) is 12.5 Å². The van der Waals surface area contributed by atoms with Crippen molar-refractivity contribution in [3.05, 3.63) is 71.4 Å². The molecule has 0 aliphatic heterocycles. The maximum atomic E-state index is 5.90. The van der Waals surface area contributed by atoms with Gasteiger partial charge in [0.05, 0.1) is 6.61 Å². The van der Waals surface area contributed by atoms with Crippen LogP contribution in [-0.2, 0) is 6.42 Å². The number of benzene rings is 2. The first-order valence-corrected chi connectivity index (χ1v) is 8.92. The molecular weight excluding hydrogens is 348 g/mol. The molecule has 5 nitrogen and oxygen atoms in total. The van der Waals surface area contributed by atoms with Crippen LogP contribution in [0.15, 0.2) is 60.8 Å². The van der Waals surface area contributed by atoms with E-state index < -0.39 is 0 Å². The number of ether oxygens (including phenoxy) is 1. The van der Waals surface area contributed by atoms with Crippen molar-refractivity contribution in [1.29, 1.82) is 0 Å². The van der Waals surface area contributed by atoms with Gasteiger partial charge in [0.25, 0.3) is 0 Å². The van der Waals surface area contributed by atoms with Crippen LogP contribution in [0, 0.1) is 0 Å². The molecule has 1 heterocycles. The Labute approximate surface area is 158 Å². The zero-order chi connectivity index (χ0) is 18.2. The van der Waals surface area contributed by atoms with Crippen molar-refractivity contribution in [2.24, 2.45) is 0 Å². The summed E-state index contributed by atoms with van der Waals surface area (Å²) in [7, 11) is 0. The monoisotopic (exact) mass is 368 g/mol. The molecule has 134 valence electrons. The molecule has 3 aromatic rings. The molecule has 26 heavy (non-hydrogen) atoms. The van der Waals surface area contributed by atoms with Gasteiger partial charge < -0.3 is 15.4 Å². The Morgan fingerprint density at radius 1 is 1.00 bits per heavy atom. The largest absolute Gasteiger partial charge is 0.494 e. The van der Waals surface area contributed by atoms with E-state index in [4.69, 9.17) is 16.3 Å². The van der Waals surface area contributed by atoms with Gasteiger partial charge in [-0.05, 0) is 61.4 Å². The van der Waals surface area contributed by atoms with Gasteiger partial charge in [-0.3, -0.25) is 0 Å². The summed E-state index contributed by atoms with van der Waals surface area (Å²) >= 11 is 5.90. The third kappa shape index (κ3) is 5.36. The molecule has 0 atom stereocenters. The molecule has 0 saturated heterocycles. The Balaban J connectivity index is 1.54. The molecule has 1 aromatic heterocycles. The van der Waals surface area contributed by atoms with Gasteiger partial charge in [0, 0.05) is 23.5 Å². The van der Waals surface area contributed by atoms with Gasteiger partial charge in [-0.25, -0.2) is 4.98 Å². The lowest BCUT2D eigenvalue weighted by atomic mass is 10.1. The number of hydrogen-bond acceptors (Lipinski definition) is 5. The first-order valence-electron chi connectivity index (χ1n) is 8.54. The number of nitrogens with one attached hydrogen (secondary N) is 2. The third-order valence-corrected chi connectivity index (χ3v) is 3.96. The summed E-state index contributed by atoms with van der Waals surface area (Å²) in [6, 6.07) is 17.5. The molecule has 0 aliphatic carbocycles. The predicted molar refractivity (Wildman–Crippen MR) is 107 cm³/mol. The van der Waals surface area contributed by atoms with Crippen molar-refractivity contribution in [3.8, 4) is 5.75 Å². The standard InChI is InChI=1S/C20H21ClN4O/c1-2-26-18-9-7-17(8-10-18)24-19-12-14-23-20(25-19)22-13-11-15-3-5-16(21)6-4-15/h3-10,12,14H,2,11,13H2,1H3,(H2,22,23,24,25). The summed E-state index contributed by atoms with van der Waals surface area (Å²) < 4.78 is 5.45. The normalized spacial score (nSPS) is 10.4. The number of rotatable bonds is 8. The van der Waals surface area contributed by atoms with E-state index in [1.807, 2.05) is 61.5 Å². The Morgan fingerprint density at radius 2 is 1.77 bits per heavy atom. The quantitative estimate of drug-likeness (QED) is 0.590. The van der Waals surface area contributed by atoms with Crippen LogP contribution in [0.25, 0.3) is 0 Å². The van der Waals surface area contributed by atoms with Gasteiger partial charge in [0.1, 0.15) is 11.6 Å². The Morgan fingerprint density at radius 3 is 2.50 bits per heavy atom.